The maximum Gasteiger partial charge on any atom is 0.253 e. The summed E-state index contributed by atoms with van der Waals surface area (Å²) in [5.41, 5.74) is 3.02. The molecule has 6 nitrogen and oxygen atoms in total. The minimum absolute atomic E-state index is 0.0483. The fourth-order valence-corrected chi connectivity index (χ4v) is 3.85. The Morgan fingerprint density at radius 3 is 2.65 bits per heavy atom. The number of aryl methyl sites for hydroxylation is 1. The molecule has 136 valence electrons. The molecule has 0 radical (unpaired) electrons. The van der Waals surface area contributed by atoms with Crippen LogP contribution in [0.3, 0.4) is 0 Å². The molecule has 0 aliphatic carbocycles. The van der Waals surface area contributed by atoms with Gasteiger partial charge in [-0.3, -0.25) is 4.79 Å². The number of benzene rings is 1. The number of nitrogens with one attached hydrogen (secondary N) is 1. The third-order valence-electron chi connectivity index (χ3n) is 4.01. The van der Waals surface area contributed by atoms with Crippen LogP contribution in [-0.4, -0.2) is 25.5 Å². The van der Waals surface area contributed by atoms with Crippen molar-refractivity contribution in [1.82, 2.24) is 19.6 Å². The van der Waals surface area contributed by atoms with E-state index < -0.39 is 0 Å². The SMILES string of the molecule is CCCC(=O)Nc1ccc(Sc2c(CCC)c(C)nc3ncnn23)cc1. The highest BCUT2D eigenvalue weighted by Crippen LogP contribution is 2.32. The van der Waals surface area contributed by atoms with Crippen molar-refractivity contribution in [2.75, 3.05) is 5.32 Å². The van der Waals surface area contributed by atoms with Crippen molar-refractivity contribution in [1.29, 1.82) is 0 Å². The van der Waals surface area contributed by atoms with Gasteiger partial charge in [-0.2, -0.15) is 14.6 Å². The number of carbonyl (C=O) groups is 1. The van der Waals surface area contributed by atoms with Gasteiger partial charge in [-0.15, -0.1) is 0 Å². The number of anilines is 1. The molecule has 1 amide bonds. The van der Waals surface area contributed by atoms with Crippen molar-refractivity contribution in [3.8, 4) is 0 Å². The van der Waals surface area contributed by atoms with Gasteiger partial charge in [0.05, 0.1) is 0 Å². The minimum atomic E-state index is 0.0483. The number of carbonyl (C=O) groups excluding carboxylic acids is 1. The molecular formula is C19H23N5OS. The number of nitrogens with zero attached hydrogens (tertiary/aromatic N) is 4. The Bertz CT molecular complexity index is 904. The molecule has 2 heterocycles. The molecule has 0 atom stereocenters. The highest BCUT2D eigenvalue weighted by atomic mass is 32.2. The Balaban J connectivity index is 1.87. The summed E-state index contributed by atoms with van der Waals surface area (Å²) in [6.07, 6.45) is 4.90. The number of aromatic nitrogens is 4. The lowest BCUT2D eigenvalue weighted by atomic mass is 10.1. The van der Waals surface area contributed by atoms with E-state index >= 15 is 0 Å². The molecule has 0 fully saturated rings. The van der Waals surface area contributed by atoms with E-state index in [9.17, 15) is 4.79 Å². The van der Waals surface area contributed by atoms with Gasteiger partial charge < -0.3 is 5.32 Å². The van der Waals surface area contributed by atoms with E-state index in [1.807, 2.05) is 38.1 Å². The van der Waals surface area contributed by atoms with Crippen LogP contribution in [0.2, 0.25) is 0 Å². The molecule has 0 aliphatic heterocycles. The highest BCUT2D eigenvalue weighted by molar-refractivity contribution is 7.99. The smallest absolute Gasteiger partial charge is 0.253 e. The summed E-state index contributed by atoms with van der Waals surface area (Å²) in [5, 5.41) is 8.31. The van der Waals surface area contributed by atoms with Gasteiger partial charge >= 0.3 is 0 Å². The van der Waals surface area contributed by atoms with Gasteiger partial charge in [-0.25, -0.2) is 4.98 Å². The summed E-state index contributed by atoms with van der Waals surface area (Å²) in [7, 11) is 0. The van der Waals surface area contributed by atoms with E-state index in [1.54, 1.807) is 16.3 Å². The maximum atomic E-state index is 11.7. The quantitative estimate of drug-likeness (QED) is 0.630. The van der Waals surface area contributed by atoms with Crippen molar-refractivity contribution >= 4 is 29.1 Å². The second kappa shape index (κ2) is 8.31. The fourth-order valence-electron chi connectivity index (χ4n) is 2.77. The van der Waals surface area contributed by atoms with Crippen LogP contribution in [0.1, 0.15) is 44.4 Å². The van der Waals surface area contributed by atoms with Crippen LogP contribution in [0.4, 0.5) is 5.69 Å². The first-order valence-corrected chi connectivity index (χ1v) is 9.71. The summed E-state index contributed by atoms with van der Waals surface area (Å²) in [6.45, 7) is 6.18. The fraction of sp³-hybridized carbons (Fsp3) is 0.368. The zero-order valence-electron chi connectivity index (χ0n) is 15.3. The third kappa shape index (κ3) is 4.04. The lowest BCUT2D eigenvalue weighted by Crippen LogP contribution is -2.10. The average molecular weight is 369 g/mol. The molecule has 0 bridgehead atoms. The number of rotatable bonds is 7. The molecule has 2 aromatic heterocycles. The average Bonchev–Trinajstić information content (AvgIpc) is 3.08. The van der Waals surface area contributed by atoms with E-state index in [-0.39, 0.29) is 5.91 Å². The molecular weight excluding hydrogens is 346 g/mol. The highest BCUT2D eigenvalue weighted by Gasteiger charge is 2.15. The van der Waals surface area contributed by atoms with Crippen LogP contribution in [0.5, 0.6) is 0 Å². The van der Waals surface area contributed by atoms with Gasteiger partial charge in [0.1, 0.15) is 11.4 Å². The predicted molar refractivity (Wildman–Crippen MR) is 104 cm³/mol. The third-order valence-corrected chi connectivity index (χ3v) is 5.13. The monoisotopic (exact) mass is 369 g/mol. The zero-order chi connectivity index (χ0) is 18.5. The van der Waals surface area contributed by atoms with E-state index in [4.69, 9.17) is 0 Å². The second-order valence-electron chi connectivity index (χ2n) is 6.13. The molecule has 7 heteroatoms. The zero-order valence-corrected chi connectivity index (χ0v) is 16.1. The van der Waals surface area contributed by atoms with Gasteiger partial charge in [0.15, 0.2) is 0 Å². The molecule has 0 spiro atoms. The van der Waals surface area contributed by atoms with Gasteiger partial charge in [0, 0.05) is 28.3 Å². The molecule has 0 saturated heterocycles. The normalized spacial score (nSPS) is 11.0. The van der Waals surface area contributed by atoms with E-state index in [2.05, 4.69) is 27.3 Å². The van der Waals surface area contributed by atoms with E-state index in [1.165, 1.54) is 11.9 Å². The summed E-state index contributed by atoms with van der Waals surface area (Å²) in [5.74, 6) is 0.667. The maximum absolute atomic E-state index is 11.7. The molecule has 3 aromatic rings. The van der Waals surface area contributed by atoms with Crippen molar-refractivity contribution < 1.29 is 4.79 Å². The van der Waals surface area contributed by atoms with Crippen molar-refractivity contribution in [2.45, 2.75) is 56.4 Å². The number of hydrogen-bond donors (Lipinski definition) is 1. The standard InChI is InChI=1S/C19H23N5OS/c1-4-6-16-13(3)22-19-20-12-21-24(19)18(16)26-15-10-8-14(9-11-15)23-17(25)7-5-2/h8-12H,4-7H2,1-3H3,(H,23,25). The van der Waals surface area contributed by atoms with Crippen LogP contribution in [0.15, 0.2) is 40.5 Å². The van der Waals surface area contributed by atoms with Crippen LogP contribution in [0.25, 0.3) is 5.78 Å². The lowest BCUT2D eigenvalue weighted by molar-refractivity contribution is -0.116. The van der Waals surface area contributed by atoms with Gasteiger partial charge in [0.25, 0.3) is 5.78 Å². The number of fused-ring (bicyclic) bond motifs is 1. The topological polar surface area (TPSA) is 72.2 Å². The lowest BCUT2D eigenvalue weighted by Gasteiger charge is -2.13. The summed E-state index contributed by atoms with van der Waals surface area (Å²) < 4.78 is 1.81. The van der Waals surface area contributed by atoms with Gasteiger partial charge in [0.2, 0.25) is 5.91 Å². The van der Waals surface area contributed by atoms with E-state index in [0.717, 1.165) is 40.6 Å². The van der Waals surface area contributed by atoms with Crippen molar-refractivity contribution in [3.05, 3.63) is 41.9 Å². The first kappa shape index (κ1) is 18.4. The van der Waals surface area contributed by atoms with E-state index in [0.29, 0.717) is 12.2 Å². The van der Waals surface area contributed by atoms with Crippen LogP contribution >= 0.6 is 11.8 Å². The van der Waals surface area contributed by atoms with Crippen LogP contribution in [0, 0.1) is 6.92 Å². The van der Waals surface area contributed by atoms with Gasteiger partial charge in [-0.05, 0) is 44.0 Å². The van der Waals surface area contributed by atoms with Crippen LogP contribution in [-0.2, 0) is 11.2 Å². The van der Waals surface area contributed by atoms with Crippen molar-refractivity contribution in [2.24, 2.45) is 0 Å². The predicted octanol–water partition coefficient (Wildman–Crippen LogP) is 4.28. The summed E-state index contributed by atoms with van der Waals surface area (Å²) >= 11 is 1.65. The molecule has 1 N–H and O–H groups in total. The number of hydrogen-bond acceptors (Lipinski definition) is 5. The summed E-state index contributed by atoms with van der Waals surface area (Å²) in [4.78, 5) is 21.6. The molecule has 0 saturated carbocycles. The Hall–Kier alpha value is -2.41. The van der Waals surface area contributed by atoms with Crippen LogP contribution < -0.4 is 5.32 Å². The first-order chi connectivity index (χ1) is 12.6. The Morgan fingerprint density at radius 2 is 1.96 bits per heavy atom. The molecule has 0 aliphatic rings. The largest absolute Gasteiger partial charge is 0.326 e. The first-order valence-electron chi connectivity index (χ1n) is 8.89. The molecule has 0 unspecified atom stereocenters. The minimum Gasteiger partial charge on any atom is -0.326 e. The number of amides is 1. The second-order valence-corrected chi connectivity index (χ2v) is 7.19. The Labute approximate surface area is 157 Å². The Kier molecular flexibility index (Phi) is 5.88. The molecule has 3 rings (SSSR count). The van der Waals surface area contributed by atoms with Gasteiger partial charge in [-0.1, -0.05) is 32.0 Å². The summed E-state index contributed by atoms with van der Waals surface area (Å²) in [6, 6.07) is 7.89. The van der Waals surface area contributed by atoms with Crippen molar-refractivity contribution in [3.63, 3.8) is 0 Å². The molecule has 26 heavy (non-hydrogen) atoms. The molecule has 1 aromatic carbocycles. The Morgan fingerprint density at radius 1 is 1.19 bits per heavy atom.